The number of sulfone groups is 1. The SMILES string of the molecule is CS(=O)(=O)CCC(=O)Nc1cccc(N)c1. The number of nitrogens with one attached hydrogen (secondary N) is 1. The average Bonchev–Trinajstić information content (AvgIpc) is 2.14. The molecule has 1 amide bonds. The highest BCUT2D eigenvalue weighted by Crippen LogP contribution is 2.11. The van der Waals surface area contributed by atoms with E-state index in [9.17, 15) is 13.2 Å². The Morgan fingerprint density at radius 1 is 1.44 bits per heavy atom. The van der Waals surface area contributed by atoms with Gasteiger partial charge < -0.3 is 11.1 Å². The zero-order valence-electron chi connectivity index (χ0n) is 8.93. The summed E-state index contributed by atoms with van der Waals surface area (Å²) < 4.78 is 21.7. The molecule has 0 aromatic heterocycles. The highest BCUT2D eigenvalue weighted by atomic mass is 32.2. The van der Waals surface area contributed by atoms with Gasteiger partial charge in [0.15, 0.2) is 0 Å². The second kappa shape index (κ2) is 4.98. The van der Waals surface area contributed by atoms with E-state index in [2.05, 4.69) is 5.32 Å². The molecule has 0 saturated heterocycles. The number of benzene rings is 1. The molecule has 0 bridgehead atoms. The molecule has 6 heteroatoms. The lowest BCUT2D eigenvalue weighted by Crippen LogP contribution is -2.16. The molecule has 0 saturated carbocycles. The maximum absolute atomic E-state index is 11.4. The van der Waals surface area contributed by atoms with E-state index in [1.165, 1.54) is 0 Å². The second-order valence-electron chi connectivity index (χ2n) is 3.55. The second-order valence-corrected chi connectivity index (χ2v) is 5.81. The Hall–Kier alpha value is -1.56. The number of anilines is 2. The smallest absolute Gasteiger partial charge is 0.225 e. The summed E-state index contributed by atoms with van der Waals surface area (Å²) in [6.07, 6.45) is 1.05. The van der Waals surface area contributed by atoms with Crippen LogP contribution in [0, 0.1) is 0 Å². The first-order chi connectivity index (χ1) is 7.37. The monoisotopic (exact) mass is 242 g/mol. The molecule has 1 aromatic rings. The summed E-state index contributed by atoms with van der Waals surface area (Å²) in [4.78, 5) is 11.4. The van der Waals surface area contributed by atoms with Gasteiger partial charge >= 0.3 is 0 Å². The Kier molecular flexibility index (Phi) is 3.89. The predicted molar refractivity (Wildman–Crippen MR) is 63.8 cm³/mol. The molecule has 1 aromatic carbocycles. The minimum atomic E-state index is -3.11. The zero-order valence-corrected chi connectivity index (χ0v) is 9.75. The summed E-state index contributed by atoms with van der Waals surface area (Å²) in [6.45, 7) is 0. The maximum Gasteiger partial charge on any atom is 0.225 e. The van der Waals surface area contributed by atoms with E-state index < -0.39 is 9.84 Å². The minimum absolute atomic E-state index is 0.0480. The average molecular weight is 242 g/mol. The lowest BCUT2D eigenvalue weighted by atomic mass is 10.3. The topological polar surface area (TPSA) is 89.3 Å². The van der Waals surface area contributed by atoms with Crippen molar-refractivity contribution in [3.63, 3.8) is 0 Å². The van der Waals surface area contributed by atoms with Crippen LogP contribution in [0.15, 0.2) is 24.3 Å². The first-order valence-electron chi connectivity index (χ1n) is 4.70. The van der Waals surface area contributed by atoms with Crippen molar-refractivity contribution < 1.29 is 13.2 Å². The molecule has 0 heterocycles. The van der Waals surface area contributed by atoms with E-state index in [4.69, 9.17) is 5.73 Å². The van der Waals surface area contributed by atoms with Gasteiger partial charge in [-0.25, -0.2) is 8.42 Å². The number of rotatable bonds is 4. The molecule has 3 N–H and O–H groups in total. The van der Waals surface area contributed by atoms with Gasteiger partial charge in [0.05, 0.1) is 5.75 Å². The third kappa shape index (κ3) is 4.79. The van der Waals surface area contributed by atoms with Gasteiger partial charge in [-0.15, -0.1) is 0 Å². The normalized spacial score (nSPS) is 11.1. The van der Waals surface area contributed by atoms with Crippen LogP contribution < -0.4 is 11.1 Å². The van der Waals surface area contributed by atoms with Crippen molar-refractivity contribution in [3.05, 3.63) is 24.3 Å². The van der Waals surface area contributed by atoms with Crippen molar-refractivity contribution in [2.75, 3.05) is 23.1 Å². The van der Waals surface area contributed by atoms with Gasteiger partial charge in [-0.3, -0.25) is 4.79 Å². The van der Waals surface area contributed by atoms with E-state index in [0.29, 0.717) is 11.4 Å². The number of nitrogen functional groups attached to an aromatic ring is 1. The summed E-state index contributed by atoms with van der Waals surface area (Å²) >= 11 is 0. The fourth-order valence-electron chi connectivity index (χ4n) is 1.12. The van der Waals surface area contributed by atoms with Gasteiger partial charge in [-0.1, -0.05) is 6.07 Å². The van der Waals surface area contributed by atoms with Gasteiger partial charge in [-0.2, -0.15) is 0 Å². The molecule has 0 spiro atoms. The molecule has 0 unspecified atom stereocenters. The Morgan fingerprint density at radius 2 is 2.12 bits per heavy atom. The summed E-state index contributed by atoms with van der Waals surface area (Å²) in [6, 6.07) is 6.71. The summed E-state index contributed by atoms with van der Waals surface area (Å²) in [5, 5.41) is 2.57. The number of nitrogens with two attached hydrogens (primary N) is 1. The molecule has 1 rings (SSSR count). The number of hydrogen-bond donors (Lipinski definition) is 2. The van der Waals surface area contributed by atoms with Crippen molar-refractivity contribution >= 4 is 27.1 Å². The molecule has 0 radical (unpaired) electrons. The lowest BCUT2D eigenvalue weighted by Gasteiger charge is -2.05. The van der Waals surface area contributed by atoms with E-state index in [0.717, 1.165) is 6.26 Å². The predicted octanol–water partition coefficient (Wildman–Crippen LogP) is 0.642. The first kappa shape index (κ1) is 12.5. The molecule has 16 heavy (non-hydrogen) atoms. The molecule has 0 aliphatic heterocycles. The summed E-state index contributed by atoms with van der Waals surface area (Å²) in [5.74, 6) is -0.489. The van der Waals surface area contributed by atoms with Crippen molar-refractivity contribution in [2.24, 2.45) is 0 Å². The van der Waals surface area contributed by atoms with Crippen molar-refractivity contribution in [3.8, 4) is 0 Å². The van der Waals surface area contributed by atoms with Gasteiger partial charge in [0.1, 0.15) is 9.84 Å². The number of carbonyl (C=O) groups is 1. The lowest BCUT2D eigenvalue weighted by molar-refractivity contribution is -0.115. The molecule has 0 aliphatic rings. The maximum atomic E-state index is 11.4. The standard InChI is InChI=1S/C10H14N2O3S/c1-16(14,15)6-5-10(13)12-9-4-2-3-8(11)7-9/h2-4,7H,5-6,11H2,1H3,(H,12,13). The number of hydrogen-bond acceptors (Lipinski definition) is 4. The van der Waals surface area contributed by atoms with Crippen molar-refractivity contribution in [1.82, 2.24) is 0 Å². The Bertz CT molecular complexity index is 483. The summed E-state index contributed by atoms with van der Waals surface area (Å²) in [5.41, 5.74) is 6.64. The highest BCUT2D eigenvalue weighted by Gasteiger charge is 2.08. The largest absolute Gasteiger partial charge is 0.399 e. The van der Waals surface area contributed by atoms with E-state index >= 15 is 0 Å². The molecule has 88 valence electrons. The van der Waals surface area contributed by atoms with Crippen LogP contribution in [0.2, 0.25) is 0 Å². The molecular weight excluding hydrogens is 228 g/mol. The van der Waals surface area contributed by atoms with Crippen LogP contribution in [0.25, 0.3) is 0 Å². The van der Waals surface area contributed by atoms with Crippen LogP contribution >= 0.6 is 0 Å². The van der Waals surface area contributed by atoms with Gasteiger partial charge in [0, 0.05) is 24.1 Å². The van der Waals surface area contributed by atoms with Crippen LogP contribution in [0.3, 0.4) is 0 Å². The molecule has 0 fully saturated rings. The van der Waals surface area contributed by atoms with Crippen LogP contribution in [0.5, 0.6) is 0 Å². The first-order valence-corrected chi connectivity index (χ1v) is 6.76. The van der Waals surface area contributed by atoms with Crippen LogP contribution in [0.1, 0.15) is 6.42 Å². The number of amides is 1. The van der Waals surface area contributed by atoms with Gasteiger partial charge in [0.2, 0.25) is 5.91 Å². The highest BCUT2D eigenvalue weighted by molar-refractivity contribution is 7.90. The van der Waals surface area contributed by atoms with Crippen molar-refractivity contribution in [2.45, 2.75) is 6.42 Å². The van der Waals surface area contributed by atoms with Crippen LogP contribution in [0.4, 0.5) is 11.4 Å². The van der Waals surface area contributed by atoms with Crippen molar-refractivity contribution in [1.29, 1.82) is 0 Å². The zero-order chi connectivity index (χ0) is 12.2. The van der Waals surface area contributed by atoms with Crippen LogP contribution in [-0.4, -0.2) is 26.3 Å². The summed E-state index contributed by atoms with van der Waals surface area (Å²) in [7, 11) is -3.11. The third-order valence-electron chi connectivity index (χ3n) is 1.87. The minimum Gasteiger partial charge on any atom is -0.399 e. The fourth-order valence-corrected chi connectivity index (χ4v) is 1.67. The van der Waals surface area contributed by atoms with Gasteiger partial charge in [-0.05, 0) is 18.2 Å². The Balaban J connectivity index is 2.52. The fraction of sp³-hybridized carbons (Fsp3) is 0.300. The Labute approximate surface area is 94.6 Å². The van der Waals surface area contributed by atoms with Gasteiger partial charge in [0.25, 0.3) is 0 Å². The van der Waals surface area contributed by atoms with E-state index in [1.807, 2.05) is 0 Å². The molecular formula is C10H14N2O3S. The molecule has 5 nitrogen and oxygen atoms in total. The van der Waals surface area contributed by atoms with E-state index in [1.54, 1.807) is 24.3 Å². The third-order valence-corrected chi connectivity index (χ3v) is 2.82. The van der Waals surface area contributed by atoms with Crippen LogP contribution in [-0.2, 0) is 14.6 Å². The molecule has 0 atom stereocenters. The van der Waals surface area contributed by atoms with E-state index in [-0.39, 0.29) is 18.1 Å². The number of carbonyl (C=O) groups excluding carboxylic acids is 1. The molecule has 0 aliphatic carbocycles. The Morgan fingerprint density at radius 3 is 2.69 bits per heavy atom. The quantitative estimate of drug-likeness (QED) is 0.758.